The van der Waals surface area contributed by atoms with Crippen LogP contribution in [0, 0.1) is 0 Å². The summed E-state index contributed by atoms with van der Waals surface area (Å²) in [7, 11) is 1.42. The maximum absolute atomic E-state index is 11.4. The number of esters is 1. The highest BCUT2D eigenvalue weighted by Gasteiger charge is 2.22. The van der Waals surface area contributed by atoms with Crippen molar-refractivity contribution in [3.05, 3.63) is 47.2 Å². The number of rotatable bonds is 5. The highest BCUT2D eigenvalue weighted by atomic mass is 16.5. The van der Waals surface area contributed by atoms with Gasteiger partial charge >= 0.3 is 5.97 Å². The Balaban J connectivity index is 1.56. The lowest BCUT2D eigenvalue weighted by Crippen LogP contribution is -2.49. The van der Waals surface area contributed by atoms with E-state index in [4.69, 9.17) is 9.72 Å². The average molecular weight is 380 g/mol. The van der Waals surface area contributed by atoms with Gasteiger partial charge in [-0.25, -0.2) is 4.98 Å². The molecule has 2 heterocycles. The van der Waals surface area contributed by atoms with E-state index in [1.54, 1.807) is 0 Å². The highest BCUT2D eigenvalue weighted by Crippen LogP contribution is 2.33. The molecule has 0 radical (unpaired) electrons. The molecule has 0 spiro atoms. The molecule has 6 nitrogen and oxygen atoms in total. The summed E-state index contributed by atoms with van der Waals surface area (Å²) < 4.78 is 4.74. The molecule has 1 fully saturated rings. The number of methoxy groups -OCH3 is 1. The van der Waals surface area contributed by atoms with Gasteiger partial charge in [-0.15, -0.1) is 0 Å². The van der Waals surface area contributed by atoms with Crippen LogP contribution in [0.25, 0.3) is 0 Å². The van der Waals surface area contributed by atoms with Crippen LogP contribution in [-0.4, -0.2) is 43.7 Å². The zero-order chi connectivity index (χ0) is 19.5. The molecule has 6 heteroatoms. The van der Waals surface area contributed by atoms with E-state index in [0.29, 0.717) is 12.5 Å². The van der Waals surface area contributed by atoms with Crippen LogP contribution in [0.3, 0.4) is 0 Å². The van der Waals surface area contributed by atoms with Crippen LogP contribution in [0.1, 0.15) is 30.2 Å². The van der Waals surface area contributed by atoms with E-state index in [-0.39, 0.29) is 5.97 Å². The fourth-order valence-corrected chi connectivity index (χ4v) is 4.04. The molecule has 1 aromatic heterocycles. The summed E-state index contributed by atoms with van der Waals surface area (Å²) >= 11 is 0. The van der Waals surface area contributed by atoms with E-state index in [0.717, 1.165) is 61.7 Å². The number of fused-ring (bicyclic) bond motifs is 1. The Labute approximate surface area is 166 Å². The summed E-state index contributed by atoms with van der Waals surface area (Å²) in [5.74, 6) is 0.848. The molecule has 2 aliphatic rings. The molecule has 1 unspecified atom stereocenters. The van der Waals surface area contributed by atoms with Gasteiger partial charge in [-0.05, 0) is 49.4 Å². The number of pyridine rings is 1. The van der Waals surface area contributed by atoms with Gasteiger partial charge in [-0.3, -0.25) is 4.79 Å². The van der Waals surface area contributed by atoms with Crippen molar-refractivity contribution in [2.45, 2.75) is 38.6 Å². The minimum absolute atomic E-state index is 0.220. The predicted octanol–water partition coefficient (Wildman–Crippen LogP) is 2.83. The van der Waals surface area contributed by atoms with Gasteiger partial charge in [0, 0.05) is 48.8 Å². The molecule has 4 rings (SSSR count). The number of benzene rings is 1. The molecule has 28 heavy (non-hydrogen) atoms. The monoisotopic (exact) mass is 380 g/mol. The molecular weight excluding hydrogens is 352 g/mol. The molecule has 0 amide bonds. The molecular formula is C22H28N4O2. The summed E-state index contributed by atoms with van der Waals surface area (Å²) in [6, 6.07) is 10.7. The summed E-state index contributed by atoms with van der Waals surface area (Å²) in [5.41, 5.74) is 5.70. The lowest BCUT2D eigenvalue weighted by atomic mass is 10.1. The maximum atomic E-state index is 11.4. The number of hydrogen-bond donors (Lipinski definition) is 2. The lowest BCUT2D eigenvalue weighted by Gasteiger charge is -2.33. The van der Waals surface area contributed by atoms with Gasteiger partial charge in [0.1, 0.15) is 5.82 Å². The lowest BCUT2D eigenvalue weighted by molar-refractivity contribution is -0.139. The number of carbonyl (C=O) groups excluding carboxylic acids is 1. The zero-order valence-electron chi connectivity index (χ0n) is 16.6. The van der Waals surface area contributed by atoms with Gasteiger partial charge < -0.3 is 20.3 Å². The number of nitrogens with zero attached hydrogens (tertiary/aromatic N) is 2. The van der Waals surface area contributed by atoms with Gasteiger partial charge in [0.2, 0.25) is 0 Å². The standard InChI is InChI=1S/C22H28N4O2/c1-15-14-26(11-10-23-15)21-13-20(18-4-3-5-19(18)25-21)24-17-8-6-16(7-9-17)12-22(27)28-2/h6-9,13,15,23H,3-5,10-12,14H2,1-2H3,(H,24,25). The third-order valence-corrected chi connectivity index (χ3v) is 5.54. The first kappa shape index (κ1) is 18.7. The predicted molar refractivity (Wildman–Crippen MR) is 111 cm³/mol. The van der Waals surface area contributed by atoms with Crippen molar-refractivity contribution in [1.29, 1.82) is 0 Å². The molecule has 1 aromatic carbocycles. The molecule has 2 aromatic rings. The Kier molecular flexibility index (Phi) is 5.48. The van der Waals surface area contributed by atoms with Crippen LogP contribution in [0.5, 0.6) is 0 Å². The van der Waals surface area contributed by atoms with E-state index in [1.165, 1.54) is 18.4 Å². The molecule has 0 bridgehead atoms. The number of ether oxygens (including phenoxy) is 1. The van der Waals surface area contributed by atoms with Gasteiger partial charge in [0.15, 0.2) is 0 Å². The Hall–Kier alpha value is -2.60. The fraction of sp³-hybridized carbons (Fsp3) is 0.455. The number of piperazine rings is 1. The van der Waals surface area contributed by atoms with Gasteiger partial charge in [-0.1, -0.05) is 12.1 Å². The number of nitrogens with one attached hydrogen (secondary N) is 2. The molecule has 148 valence electrons. The van der Waals surface area contributed by atoms with Crippen molar-refractivity contribution >= 4 is 23.2 Å². The molecule has 1 saturated heterocycles. The maximum Gasteiger partial charge on any atom is 0.309 e. The van der Waals surface area contributed by atoms with Crippen LogP contribution in [-0.2, 0) is 28.8 Å². The number of hydrogen-bond acceptors (Lipinski definition) is 6. The Morgan fingerprint density at radius 3 is 2.89 bits per heavy atom. The number of carbonyl (C=O) groups is 1. The van der Waals surface area contributed by atoms with Crippen molar-refractivity contribution < 1.29 is 9.53 Å². The van der Waals surface area contributed by atoms with E-state index in [2.05, 4.69) is 28.5 Å². The summed E-state index contributed by atoms with van der Waals surface area (Å²) in [4.78, 5) is 18.8. The van der Waals surface area contributed by atoms with Crippen molar-refractivity contribution in [2.75, 3.05) is 37.0 Å². The van der Waals surface area contributed by atoms with Crippen LogP contribution in [0.2, 0.25) is 0 Å². The third-order valence-electron chi connectivity index (χ3n) is 5.54. The van der Waals surface area contributed by atoms with Crippen LogP contribution in [0.4, 0.5) is 17.2 Å². The van der Waals surface area contributed by atoms with Crippen molar-refractivity contribution in [3.63, 3.8) is 0 Å². The topological polar surface area (TPSA) is 66.5 Å². The normalized spacial score (nSPS) is 18.6. The SMILES string of the molecule is COC(=O)Cc1ccc(Nc2cc(N3CCNC(C)C3)nc3c2CCC3)cc1. The van der Waals surface area contributed by atoms with Gasteiger partial charge in [0.05, 0.1) is 13.5 Å². The second-order valence-electron chi connectivity index (χ2n) is 7.68. The van der Waals surface area contributed by atoms with Crippen LogP contribution in [0.15, 0.2) is 30.3 Å². The number of anilines is 3. The number of aromatic nitrogens is 1. The van der Waals surface area contributed by atoms with Gasteiger partial charge in [0.25, 0.3) is 0 Å². The van der Waals surface area contributed by atoms with E-state index < -0.39 is 0 Å². The van der Waals surface area contributed by atoms with E-state index in [1.807, 2.05) is 24.3 Å². The first-order valence-corrected chi connectivity index (χ1v) is 10.1. The Morgan fingerprint density at radius 1 is 1.32 bits per heavy atom. The molecule has 1 atom stereocenters. The fourth-order valence-electron chi connectivity index (χ4n) is 4.04. The van der Waals surface area contributed by atoms with E-state index >= 15 is 0 Å². The van der Waals surface area contributed by atoms with Crippen LogP contribution >= 0.6 is 0 Å². The number of aryl methyl sites for hydroxylation is 1. The largest absolute Gasteiger partial charge is 0.469 e. The Morgan fingerprint density at radius 2 is 2.14 bits per heavy atom. The zero-order valence-corrected chi connectivity index (χ0v) is 16.6. The van der Waals surface area contributed by atoms with Gasteiger partial charge in [-0.2, -0.15) is 0 Å². The second-order valence-corrected chi connectivity index (χ2v) is 7.68. The van der Waals surface area contributed by atoms with E-state index in [9.17, 15) is 4.79 Å². The van der Waals surface area contributed by atoms with Crippen molar-refractivity contribution in [2.24, 2.45) is 0 Å². The van der Waals surface area contributed by atoms with Crippen molar-refractivity contribution in [3.8, 4) is 0 Å². The quantitative estimate of drug-likeness (QED) is 0.778. The van der Waals surface area contributed by atoms with Crippen molar-refractivity contribution in [1.82, 2.24) is 10.3 Å². The molecule has 1 aliphatic carbocycles. The van der Waals surface area contributed by atoms with Crippen LogP contribution < -0.4 is 15.5 Å². The summed E-state index contributed by atoms with van der Waals surface area (Å²) in [5, 5.41) is 7.08. The molecule has 1 aliphatic heterocycles. The minimum Gasteiger partial charge on any atom is -0.469 e. The average Bonchev–Trinajstić information content (AvgIpc) is 3.18. The second kappa shape index (κ2) is 8.19. The summed E-state index contributed by atoms with van der Waals surface area (Å²) in [6.07, 6.45) is 3.59. The molecule has 0 saturated carbocycles. The highest BCUT2D eigenvalue weighted by molar-refractivity contribution is 5.73. The molecule has 2 N–H and O–H groups in total. The smallest absolute Gasteiger partial charge is 0.309 e. The minimum atomic E-state index is -0.220. The third kappa shape index (κ3) is 4.12. The summed E-state index contributed by atoms with van der Waals surface area (Å²) in [6.45, 7) is 5.17. The first-order chi connectivity index (χ1) is 13.6. The first-order valence-electron chi connectivity index (χ1n) is 10.1. The Bertz CT molecular complexity index is 850.